The molecule has 0 aliphatic carbocycles. The van der Waals surface area contributed by atoms with Crippen LogP contribution in [0.2, 0.25) is 0 Å². The van der Waals surface area contributed by atoms with E-state index in [0.717, 1.165) is 0 Å². The number of carbonyl (C=O) groups is 1. The van der Waals surface area contributed by atoms with Crippen molar-refractivity contribution in [1.82, 2.24) is 4.98 Å². The van der Waals surface area contributed by atoms with Crippen LogP contribution < -0.4 is 0 Å². The molecule has 0 aliphatic rings. The van der Waals surface area contributed by atoms with Gasteiger partial charge >= 0.3 is 0 Å². The molecule has 1 aromatic rings. The van der Waals surface area contributed by atoms with E-state index in [4.69, 9.17) is 0 Å². The molecule has 0 aromatic carbocycles. The predicted octanol–water partition coefficient (Wildman–Crippen LogP) is 1.76. The van der Waals surface area contributed by atoms with Gasteiger partial charge in [0.15, 0.2) is 0 Å². The number of ketones is 1. The van der Waals surface area contributed by atoms with Crippen molar-refractivity contribution in [3.8, 4) is 0 Å². The largest absolute Gasteiger partial charge is 0.299 e. The second-order valence-corrected chi connectivity index (χ2v) is 3.52. The Morgan fingerprint density at radius 2 is 2.27 bits per heavy atom. The first-order valence-electron chi connectivity index (χ1n) is 4.63. The zero-order valence-corrected chi connectivity index (χ0v) is 8.64. The zero-order valence-electron chi connectivity index (χ0n) is 8.64. The van der Waals surface area contributed by atoms with E-state index in [9.17, 15) is 14.9 Å². The third-order valence-corrected chi connectivity index (χ3v) is 2.05. The average Bonchev–Trinajstić information content (AvgIpc) is 2.18. The molecule has 15 heavy (non-hydrogen) atoms. The molecular formula is C10H12N2O3. The minimum atomic E-state index is -0.518. The molecule has 0 unspecified atom stereocenters. The summed E-state index contributed by atoms with van der Waals surface area (Å²) in [7, 11) is 0. The molecule has 5 nitrogen and oxygen atoms in total. The molecule has 5 heteroatoms. The maximum atomic E-state index is 11.4. The number of nitro groups is 1. The summed E-state index contributed by atoms with van der Waals surface area (Å²) in [6.07, 6.45) is 1.48. The van der Waals surface area contributed by atoms with Crippen molar-refractivity contribution >= 4 is 11.5 Å². The van der Waals surface area contributed by atoms with Crippen LogP contribution in [-0.4, -0.2) is 15.7 Å². The van der Waals surface area contributed by atoms with E-state index >= 15 is 0 Å². The second kappa shape index (κ2) is 4.63. The maximum Gasteiger partial charge on any atom is 0.291 e. The maximum absolute atomic E-state index is 11.4. The van der Waals surface area contributed by atoms with E-state index in [1.54, 1.807) is 13.8 Å². The number of aromatic nitrogens is 1. The van der Waals surface area contributed by atoms with Crippen molar-refractivity contribution in [2.24, 2.45) is 5.92 Å². The number of hydrogen-bond acceptors (Lipinski definition) is 4. The number of nitrogens with zero attached hydrogens (tertiary/aromatic N) is 2. The quantitative estimate of drug-likeness (QED) is 0.558. The van der Waals surface area contributed by atoms with Crippen LogP contribution >= 0.6 is 0 Å². The van der Waals surface area contributed by atoms with Gasteiger partial charge in [-0.05, 0) is 6.07 Å². The van der Waals surface area contributed by atoms with Crippen LogP contribution in [0.25, 0.3) is 0 Å². The molecule has 0 atom stereocenters. The van der Waals surface area contributed by atoms with Crippen molar-refractivity contribution in [2.75, 3.05) is 0 Å². The molecule has 0 amide bonds. The van der Waals surface area contributed by atoms with Crippen LogP contribution in [0.1, 0.15) is 19.5 Å². The van der Waals surface area contributed by atoms with Crippen molar-refractivity contribution in [2.45, 2.75) is 20.3 Å². The van der Waals surface area contributed by atoms with Crippen LogP contribution in [0, 0.1) is 16.0 Å². The summed E-state index contributed by atoms with van der Waals surface area (Å²) in [5, 5.41) is 10.6. The summed E-state index contributed by atoms with van der Waals surface area (Å²) in [5.74, 6) is -0.177. The molecule has 80 valence electrons. The number of rotatable bonds is 4. The highest BCUT2D eigenvalue weighted by atomic mass is 16.6. The highest BCUT2D eigenvalue weighted by Crippen LogP contribution is 2.16. The topological polar surface area (TPSA) is 73.1 Å². The third kappa shape index (κ3) is 2.83. The van der Waals surface area contributed by atoms with Crippen LogP contribution in [0.4, 0.5) is 5.69 Å². The van der Waals surface area contributed by atoms with E-state index in [1.165, 1.54) is 18.3 Å². The summed E-state index contributed by atoms with van der Waals surface area (Å²) in [6.45, 7) is 3.52. The molecule has 0 aliphatic heterocycles. The Morgan fingerprint density at radius 1 is 1.60 bits per heavy atom. The lowest BCUT2D eigenvalue weighted by atomic mass is 10.0. The average molecular weight is 208 g/mol. The Morgan fingerprint density at radius 3 is 2.80 bits per heavy atom. The normalized spacial score (nSPS) is 10.3. The first-order valence-corrected chi connectivity index (χ1v) is 4.63. The minimum absolute atomic E-state index is 0.0226. The Kier molecular flexibility index (Phi) is 3.49. The van der Waals surface area contributed by atoms with Gasteiger partial charge in [-0.25, -0.2) is 0 Å². The van der Waals surface area contributed by atoms with Gasteiger partial charge in [0.05, 0.1) is 11.3 Å². The molecular weight excluding hydrogens is 196 g/mol. The Bertz CT molecular complexity index is 388. The summed E-state index contributed by atoms with van der Waals surface area (Å²) in [5.41, 5.74) is 0.146. The fourth-order valence-corrected chi connectivity index (χ4v) is 1.10. The standard InChI is InChI=1S/C10H12N2O3/c1-7(2)10(13)6-8-9(12(14)15)4-3-5-11-8/h3-5,7H,6H2,1-2H3. The van der Waals surface area contributed by atoms with Gasteiger partial charge < -0.3 is 0 Å². The van der Waals surface area contributed by atoms with Crippen molar-refractivity contribution in [3.05, 3.63) is 34.1 Å². The van der Waals surface area contributed by atoms with E-state index in [-0.39, 0.29) is 29.5 Å². The van der Waals surface area contributed by atoms with Gasteiger partial charge in [-0.15, -0.1) is 0 Å². The van der Waals surface area contributed by atoms with Gasteiger partial charge in [0.2, 0.25) is 0 Å². The van der Waals surface area contributed by atoms with Gasteiger partial charge in [-0.1, -0.05) is 13.8 Å². The molecule has 1 rings (SSSR count). The zero-order chi connectivity index (χ0) is 11.4. The summed E-state index contributed by atoms with van der Waals surface area (Å²) < 4.78 is 0. The molecule has 0 saturated heterocycles. The third-order valence-electron chi connectivity index (χ3n) is 2.05. The molecule has 0 saturated carbocycles. The Balaban J connectivity index is 2.94. The number of pyridine rings is 1. The van der Waals surface area contributed by atoms with Crippen molar-refractivity contribution in [3.63, 3.8) is 0 Å². The van der Waals surface area contributed by atoms with Crippen LogP contribution in [0.5, 0.6) is 0 Å². The second-order valence-electron chi connectivity index (χ2n) is 3.52. The lowest BCUT2D eigenvalue weighted by Gasteiger charge is -2.03. The van der Waals surface area contributed by atoms with E-state index in [2.05, 4.69) is 4.98 Å². The molecule has 0 bridgehead atoms. The van der Waals surface area contributed by atoms with Gasteiger partial charge in [0.1, 0.15) is 11.5 Å². The SMILES string of the molecule is CC(C)C(=O)Cc1ncccc1[N+](=O)[O-]. The van der Waals surface area contributed by atoms with Crippen molar-refractivity contribution in [1.29, 1.82) is 0 Å². The van der Waals surface area contributed by atoms with Crippen LogP contribution in [0.3, 0.4) is 0 Å². The van der Waals surface area contributed by atoms with Crippen LogP contribution in [-0.2, 0) is 11.2 Å². The lowest BCUT2D eigenvalue weighted by molar-refractivity contribution is -0.385. The monoisotopic (exact) mass is 208 g/mol. The van der Waals surface area contributed by atoms with E-state index in [1.807, 2.05) is 0 Å². The smallest absolute Gasteiger partial charge is 0.291 e. The number of carbonyl (C=O) groups excluding carboxylic acids is 1. The molecule has 0 N–H and O–H groups in total. The predicted molar refractivity (Wildman–Crippen MR) is 54.4 cm³/mol. The molecule has 0 radical (unpaired) electrons. The molecule has 1 heterocycles. The number of hydrogen-bond donors (Lipinski definition) is 0. The van der Waals surface area contributed by atoms with Gasteiger partial charge in [0.25, 0.3) is 5.69 Å². The first-order chi connectivity index (χ1) is 7.02. The van der Waals surface area contributed by atoms with E-state index < -0.39 is 4.92 Å². The number of Topliss-reactive ketones (excluding diaryl/α,β-unsaturated/α-hetero) is 1. The molecule has 0 spiro atoms. The first kappa shape index (κ1) is 11.3. The van der Waals surface area contributed by atoms with Gasteiger partial charge in [-0.3, -0.25) is 19.9 Å². The minimum Gasteiger partial charge on any atom is -0.299 e. The molecule has 0 fully saturated rings. The highest BCUT2D eigenvalue weighted by Gasteiger charge is 2.18. The van der Waals surface area contributed by atoms with Crippen molar-refractivity contribution < 1.29 is 9.72 Å². The summed E-state index contributed by atoms with van der Waals surface area (Å²) in [6, 6.07) is 2.84. The highest BCUT2D eigenvalue weighted by molar-refractivity contribution is 5.83. The summed E-state index contributed by atoms with van der Waals surface area (Å²) in [4.78, 5) is 25.4. The summed E-state index contributed by atoms with van der Waals surface area (Å²) >= 11 is 0. The fourth-order valence-electron chi connectivity index (χ4n) is 1.10. The van der Waals surface area contributed by atoms with Gasteiger partial charge in [0, 0.05) is 18.2 Å². The Labute approximate surface area is 87.3 Å². The van der Waals surface area contributed by atoms with E-state index in [0.29, 0.717) is 0 Å². The Hall–Kier alpha value is -1.78. The van der Waals surface area contributed by atoms with Crippen LogP contribution in [0.15, 0.2) is 18.3 Å². The fraction of sp³-hybridized carbons (Fsp3) is 0.400. The molecule has 1 aromatic heterocycles. The lowest BCUT2D eigenvalue weighted by Crippen LogP contribution is -2.12. The van der Waals surface area contributed by atoms with Gasteiger partial charge in [-0.2, -0.15) is 0 Å².